The molecule has 1 heterocycles. The monoisotopic (exact) mass is 451 g/mol. The fourth-order valence-corrected chi connectivity index (χ4v) is 3.03. The van der Waals surface area contributed by atoms with Crippen molar-refractivity contribution in [2.75, 3.05) is 0 Å². The molecule has 4 aromatic rings. The number of benzene rings is 3. The van der Waals surface area contributed by atoms with E-state index in [9.17, 15) is 24.9 Å². The normalized spacial score (nSPS) is 11.4. The molecule has 0 spiro atoms. The Kier molecular flexibility index (Phi) is 6.85. The average molecular weight is 451 g/mol. The molecule has 0 amide bonds. The third-order valence-corrected chi connectivity index (χ3v) is 4.73. The summed E-state index contributed by atoms with van der Waals surface area (Å²) in [6.45, 7) is 0. The van der Waals surface area contributed by atoms with Crippen LogP contribution in [0.2, 0.25) is 0 Å². The summed E-state index contributed by atoms with van der Waals surface area (Å²) in [7, 11) is 0. The summed E-state index contributed by atoms with van der Waals surface area (Å²) >= 11 is 0. The van der Waals surface area contributed by atoms with E-state index in [0.29, 0.717) is 5.56 Å². The maximum Gasteiger partial charge on any atom is 0.320 e. The maximum absolute atomic E-state index is 12.4. The van der Waals surface area contributed by atoms with Gasteiger partial charge < -0.3 is 35.7 Å². The molecule has 33 heavy (non-hydrogen) atoms. The van der Waals surface area contributed by atoms with Crippen LogP contribution < -0.4 is 11.2 Å². The second-order valence-corrected chi connectivity index (χ2v) is 7.18. The summed E-state index contributed by atoms with van der Waals surface area (Å²) in [6, 6.07) is 13.8. The second kappa shape index (κ2) is 9.75. The molecule has 9 nitrogen and oxygen atoms in total. The van der Waals surface area contributed by atoms with Gasteiger partial charge in [-0.1, -0.05) is 24.3 Å². The molecule has 0 bridgehead atoms. The third-order valence-electron chi connectivity index (χ3n) is 4.73. The number of aliphatic carboxylic acids is 1. The number of carboxylic acids is 1. The van der Waals surface area contributed by atoms with Gasteiger partial charge in [-0.15, -0.1) is 0 Å². The number of phenols is 4. The fourth-order valence-electron chi connectivity index (χ4n) is 3.03. The van der Waals surface area contributed by atoms with Crippen LogP contribution in [0.15, 0.2) is 76.1 Å². The highest BCUT2D eigenvalue weighted by molar-refractivity contribution is 5.88. The van der Waals surface area contributed by atoms with Crippen LogP contribution in [0.25, 0.3) is 22.1 Å². The highest BCUT2D eigenvalue weighted by atomic mass is 16.4. The number of aromatic hydroxyl groups is 4. The minimum Gasteiger partial charge on any atom is -0.508 e. The number of carbonyl (C=O) groups is 1. The molecular formula is C24H21NO8. The van der Waals surface area contributed by atoms with Crippen molar-refractivity contribution in [3.8, 4) is 34.1 Å². The van der Waals surface area contributed by atoms with Crippen molar-refractivity contribution < 1.29 is 34.7 Å². The van der Waals surface area contributed by atoms with E-state index in [0.717, 1.165) is 11.6 Å². The molecule has 0 fully saturated rings. The van der Waals surface area contributed by atoms with Crippen molar-refractivity contribution in [2.45, 2.75) is 12.5 Å². The van der Waals surface area contributed by atoms with E-state index >= 15 is 0 Å². The van der Waals surface area contributed by atoms with Crippen LogP contribution in [0, 0.1) is 0 Å². The molecule has 1 aromatic heterocycles. The highest BCUT2D eigenvalue weighted by Crippen LogP contribution is 2.29. The summed E-state index contributed by atoms with van der Waals surface area (Å²) in [4.78, 5) is 22.8. The fraction of sp³-hybridized carbons (Fsp3) is 0.0833. The Balaban J connectivity index is 0.000000205. The van der Waals surface area contributed by atoms with Crippen LogP contribution in [0.1, 0.15) is 5.56 Å². The summed E-state index contributed by atoms with van der Waals surface area (Å²) in [5.74, 6) is -1.29. The largest absolute Gasteiger partial charge is 0.508 e. The predicted molar refractivity (Wildman–Crippen MR) is 120 cm³/mol. The van der Waals surface area contributed by atoms with Gasteiger partial charge in [0.25, 0.3) is 0 Å². The van der Waals surface area contributed by atoms with E-state index < -0.39 is 17.4 Å². The molecular weight excluding hydrogens is 430 g/mol. The van der Waals surface area contributed by atoms with Crippen LogP contribution in [-0.2, 0) is 11.2 Å². The predicted octanol–water partition coefficient (Wildman–Crippen LogP) is 2.92. The van der Waals surface area contributed by atoms with Gasteiger partial charge >= 0.3 is 5.97 Å². The molecule has 0 aliphatic rings. The molecule has 9 heteroatoms. The van der Waals surface area contributed by atoms with E-state index in [4.69, 9.17) is 20.4 Å². The van der Waals surface area contributed by atoms with Crippen LogP contribution in [0.3, 0.4) is 0 Å². The Bertz CT molecular complexity index is 1330. The lowest BCUT2D eigenvalue weighted by Gasteiger charge is -2.05. The first-order chi connectivity index (χ1) is 15.7. The summed E-state index contributed by atoms with van der Waals surface area (Å²) < 4.78 is 5.29. The Hall–Kier alpha value is -4.50. The number of fused-ring (bicyclic) bond motifs is 1. The first-order valence-corrected chi connectivity index (χ1v) is 9.69. The van der Waals surface area contributed by atoms with E-state index in [1.807, 2.05) is 0 Å². The molecule has 7 N–H and O–H groups in total. The van der Waals surface area contributed by atoms with Crippen LogP contribution in [0.5, 0.6) is 23.0 Å². The molecule has 0 aliphatic heterocycles. The van der Waals surface area contributed by atoms with Crippen molar-refractivity contribution in [1.82, 2.24) is 0 Å². The van der Waals surface area contributed by atoms with E-state index in [2.05, 4.69) is 0 Å². The SMILES string of the molecule is NC(Cc1ccc(O)cc1)C(=O)O.O=c1c(-c2ccc(O)cc2)coc2cc(O)cc(O)c12. The molecule has 3 aromatic carbocycles. The Morgan fingerprint density at radius 3 is 2.03 bits per heavy atom. The summed E-state index contributed by atoms with van der Waals surface area (Å²) in [5.41, 5.74) is 6.65. The molecule has 1 unspecified atom stereocenters. The van der Waals surface area contributed by atoms with Gasteiger partial charge in [-0.05, 0) is 41.8 Å². The minimum atomic E-state index is -1.02. The number of hydrogen-bond donors (Lipinski definition) is 6. The lowest BCUT2D eigenvalue weighted by atomic mass is 10.0. The Morgan fingerprint density at radius 1 is 0.879 bits per heavy atom. The van der Waals surface area contributed by atoms with Crippen LogP contribution in [0.4, 0.5) is 0 Å². The smallest absolute Gasteiger partial charge is 0.320 e. The Morgan fingerprint density at radius 2 is 1.45 bits per heavy atom. The number of hydrogen-bond acceptors (Lipinski definition) is 8. The third kappa shape index (κ3) is 5.60. The number of rotatable bonds is 4. The maximum atomic E-state index is 12.4. The van der Waals surface area contributed by atoms with E-state index in [-0.39, 0.29) is 46.0 Å². The van der Waals surface area contributed by atoms with Gasteiger partial charge in [0.05, 0.1) is 5.56 Å². The van der Waals surface area contributed by atoms with Crippen molar-refractivity contribution in [3.05, 3.63) is 82.7 Å². The quantitative estimate of drug-likeness (QED) is 0.272. The van der Waals surface area contributed by atoms with E-state index in [1.54, 1.807) is 24.3 Å². The highest BCUT2D eigenvalue weighted by Gasteiger charge is 2.14. The van der Waals surface area contributed by atoms with Crippen molar-refractivity contribution >= 4 is 16.9 Å². The molecule has 170 valence electrons. The van der Waals surface area contributed by atoms with Gasteiger partial charge in [0, 0.05) is 12.1 Å². The first-order valence-electron chi connectivity index (χ1n) is 9.69. The molecule has 1 atom stereocenters. The molecule has 0 aliphatic carbocycles. The van der Waals surface area contributed by atoms with Crippen LogP contribution >= 0.6 is 0 Å². The van der Waals surface area contributed by atoms with Gasteiger partial charge in [-0.3, -0.25) is 9.59 Å². The van der Waals surface area contributed by atoms with Gasteiger partial charge in [0.1, 0.15) is 46.3 Å². The minimum absolute atomic E-state index is 0.00775. The standard InChI is InChI=1S/C15H10O5.C9H11NO3/c16-9-3-1-8(2-4-9)11-7-20-13-6-10(17)5-12(18)14(13)15(11)19;10-8(9(12)13)5-6-1-3-7(11)4-2-6/h1-7,16-18H;1-4,8,11H,5,10H2,(H,12,13). The lowest BCUT2D eigenvalue weighted by molar-refractivity contribution is -0.138. The zero-order valence-electron chi connectivity index (χ0n) is 17.2. The summed E-state index contributed by atoms with van der Waals surface area (Å²) in [5, 5.41) is 45.9. The van der Waals surface area contributed by atoms with E-state index in [1.165, 1.54) is 36.6 Å². The number of carboxylic acid groups (broad SMARTS) is 1. The zero-order valence-corrected chi connectivity index (χ0v) is 17.2. The van der Waals surface area contributed by atoms with Crippen molar-refractivity contribution in [1.29, 1.82) is 0 Å². The van der Waals surface area contributed by atoms with Crippen LogP contribution in [-0.4, -0.2) is 37.5 Å². The topological polar surface area (TPSA) is 174 Å². The van der Waals surface area contributed by atoms with Gasteiger partial charge in [0.15, 0.2) is 0 Å². The lowest BCUT2D eigenvalue weighted by Crippen LogP contribution is -2.32. The average Bonchev–Trinajstić information content (AvgIpc) is 2.76. The zero-order chi connectivity index (χ0) is 24.1. The van der Waals surface area contributed by atoms with Crippen molar-refractivity contribution in [2.24, 2.45) is 5.73 Å². The van der Waals surface area contributed by atoms with Gasteiger partial charge in [-0.25, -0.2) is 0 Å². The second-order valence-electron chi connectivity index (χ2n) is 7.18. The number of nitrogens with two attached hydrogens (primary N) is 1. The first kappa shape index (κ1) is 23.2. The number of phenolic OH excluding ortho intramolecular Hbond substituents is 4. The molecule has 0 saturated heterocycles. The molecule has 4 rings (SSSR count). The van der Waals surface area contributed by atoms with Gasteiger partial charge in [0.2, 0.25) is 5.43 Å². The summed E-state index contributed by atoms with van der Waals surface area (Å²) in [6.07, 6.45) is 1.53. The molecule has 0 radical (unpaired) electrons. The van der Waals surface area contributed by atoms with Gasteiger partial charge in [-0.2, -0.15) is 0 Å². The van der Waals surface area contributed by atoms with Crippen molar-refractivity contribution in [3.63, 3.8) is 0 Å². The molecule has 0 saturated carbocycles. The Labute approximate surface area is 187 Å².